The number of hydrogen-bond donors (Lipinski definition) is 1. The summed E-state index contributed by atoms with van der Waals surface area (Å²) in [5.41, 5.74) is 2.56. The molecule has 0 radical (unpaired) electrons. The fourth-order valence-electron chi connectivity index (χ4n) is 2.52. The molecule has 0 saturated carbocycles. The summed E-state index contributed by atoms with van der Waals surface area (Å²) in [5, 5.41) is 3.32. The lowest BCUT2D eigenvalue weighted by atomic mass is 9.98. The van der Waals surface area contributed by atoms with Gasteiger partial charge in [-0.2, -0.15) is 0 Å². The van der Waals surface area contributed by atoms with E-state index in [-0.39, 0.29) is 6.04 Å². The maximum Gasteiger partial charge on any atom is 0.161 e. The zero-order valence-corrected chi connectivity index (χ0v) is 13.4. The van der Waals surface area contributed by atoms with E-state index in [1.54, 1.807) is 0 Å². The Hall–Kier alpha value is -1.26. The summed E-state index contributed by atoms with van der Waals surface area (Å²) >= 11 is 0. The molecule has 0 bridgehead atoms. The molecule has 4 heteroatoms. The van der Waals surface area contributed by atoms with Crippen molar-refractivity contribution in [3.05, 3.63) is 23.3 Å². The van der Waals surface area contributed by atoms with Crippen LogP contribution in [0.4, 0.5) is 0 Å². The van der Waals surface area contributed by atoms with Crippen molar-refractivity contribution in [1.29, 1.82) is 0 Å². The second-order valence-electron chi connectivity index (χ2n) is 5.36. The van der Waals surface area contributed by atoms with Crippen LogP contribution in [0.1, 0.15) is 43.9 Å². The number of benzene rings is 1. The third-order valence-corrected chi connectivity index (χ3v) is 3.65. The van der Waals surface area contributed by atoms with E-state index >= 15 is 0 Å². The molecule has 0 amide bonds. The van der Waals surface area contributed by atoms with Gasteiger partial charge >= 0.3 is 0 Å². The van der Waals surface area contributed by atoms with Crippen molar-refractivity contribution in [2.45, 2.75) is 39.2 Å². The first kappa shape index (κ1) is 16.1. The van der Waals surface area contributed by atoms with Crippen LogP contribution in [0.3, 0.4) is 0 Å². The molecule has 1 heterocycles. The molecule has 4 nitrogen and oxygen atoms in total. The van der Waals surface area contributed by atoms with Crippen molar-refractivity contribution in [1.82, 2.24) is 5.32 Å². The van der Waals surface area contributed by atoms with Gasteiger partial charge in [-0.3, -0.25) is 0 Å². The topological polar surface area (TPSA) is 39.7 Å². The molecular weight excluding hydrogens is 266 g/mol. The van der Waals surface area contributed by atoms with E-state index in [0.29, 0.717) is 19.8 Å². The van der Waals surface area contributed by atoms with Crippen LogP contribution in [0.5, 0.6) is 11.5 Å². The summed E-state index contributed by atoms with van der Waals surface area (Å²) in [6.45, 7) is 7.11. The Balaban J connectivity index is 2.34. The smallest absolute Gasteiger partial charge is 0.161 e. The van der Waals surface area contributed by atoms with Crippen LogP contribution in [-0.4, -0.2) is 33.5 Å². The minimum atomic E-state index is 0.215. The normalized spacial score (nSPS) is 18.0. The summed E-state index contributed by atoms with van der Waals surface area (Å²) in [6, 6.07) is 4.48. The first-order valence-electron chi connectivity index (χ1n) is 7.97. The Morgan fingerprint density at radius 2 is 1.81 bits per heavy atom. The molecule has 0 aromatic heterocycles. The van der Waals surface area contributed by atoms with E-state index in [1.807, 2.05) is 7.05 Å². The van der Waals surface area contributed by atoms with Crippen molar-refractivity contribution in [3.63, 3.8) is 0 Å². The van der Waals surface area contributed by atoms with Crippen LogP contribution in [-0.2, 0) is 11.2 Å². The van der Waals surface area contributed by atoms with Crippen LogP contribution in [0.2, 0.25) is 0 Å². The van der Waals surface area contributed by atoms with Gasteiger partial charge in [-0.1, -0.05) is 13.8 Å². The Labute approximate surface area is 127 Å². The summed E-state index contributed by atoms with van der Waals surface area (Å²) < 4.78 is 17.4. The highest BCUT2D eigenvalue weighted by atomic mass is 16.5. The highest BCUT2D eigenvalue weighted by molar-refractivity contribution is 5.49. The molecule has 2 rings (SSSR count). The molecule has 0 spiro atoms. The number of ether oxygens (including phenoxy) is 3. The van der Waals surface area contributed by atoms with Crippen LogP contribution < -0.4 is 14.8 Å². The summed E-state index contributed by atoms with van der Waals surface area (Å²) in [5.74, 6) is 1.71. The van der Waals surface area contributed by atoms with Crippen molar-refractivity contribution >= 4 is 0 Å². The zero-order valence-electron chi connectivity index (χ0n) is 13.4. The molecule has 0 fully saturated rings. The Kier molecular flexibility index (Phi) is 6.33. The molecule has 118 valence electrons. The average Bonchev–Trinajstić information content (AvgIpc) is 2.71. The molecule has 1 aliphatic rings. The molecule has 21 heavy (non-hydrogen) atoms. The number of rotatable bonds is 7. The lowest BCUT2D eigenvalue weighted by molar-refractivity contribution is 0.123. The van der Waals surface area contributed by atoms with Gasteiger partial charge in [0.15, 0.2) is 11.5 Å². The van der Waals surface area contributed by atoms with Gasteiger partial charge in [-0.05, 0) is 49.6 Å². The molecule has 1 unspecified atom stereocenters. The number of fused-ring (bicyclic) bond motifs is 1. The predicted octanol–water partition coefficient (Wildman–Crippen LogP) is 3.10. The fourth-order valence-corrected chi connectivity index (χ4v) is 2.52. The monoisotopic (exact) mass is 293 g/mol. The van der Waals surface area contributed by atoms with Crippen LogP contribution >= 0.6 is 0 Å². The van der Waals surface area contributed by atoms with Gasteiger partial charge in [-0.15, -0.1) is 0 Å². The second-order valence-corrected chi connectivity index (χ2v) is 5.36. The van der Waals surface area contributed by atoms with E-state index < -0.39 is 0 Å². The largest absolute Gasteiger partial charge is 0.490 e. The van der Waals surface area contributed by atoms with E-state index in [1.165, 1.54) is 11.1 Å². The first-order chi connectivity index (χ1) is 10.3. The lowest BCUT2D eigenvalue weighted by Crippen LogP contribution is -2.21. The molecule has 1 aromatic carbocycles. The van der Waals surface area contributed by atoms with E-state index in [9.17, 15) is 0 Å². The maximum atomic E-state index is 5.89. The molecule has 0 aliphatic carbocycles. The highest BCUT2D eigenvalue weighted by Crippen LogP contribution is 2.35. The van der Waals surface area contributed by atoms with Gasteiger partial charge in [0, 0.05) is 0 Å². The van der Waals surface area contributed by atoms with E-state index in [2.05, 4.69) is 31.3 Å². The van der Waals surface area contributed by atoms with Crippen molar-refractivity contribution in [3.8, 4) is 11.5 Å². The number of hydrogen-bond acceptors (Lipinski definition) is 4. The van der Waals surface area contributed by atoms with E-state index in [0.717, 1.165) is 37.4 Å². The van der Waals surface area contributed by atoms with Gasteiger partial charge in [0.05, 0.1) is 32.5 Å². The number of likely N-dealkylation sites (N-methyl/N-ethyl adjacent to an activating group) is 1. The van der Waals surface area contributed by atoms with Crippen molar-refractivity contribution in [2.24, 2.45) is 0 Å². The summed E-state index contributed by atoms with van der Waals surface area (Å²) in [7, 11) is 1.97. The van der Waals surface area contributed by atoms with Crippen LogP contribution in [0.15, 0.2) is 12.1 Å². The average molecular weight is 293 g/mol. The Morgan fingerprint density at radius 1 is 1.14 bits per heavy atom. The minimum absolute atomic E-state index is 0.215. The molecule has 1 N–H and O–H groups in total. The summed E-state index contributed by atoms with van der Waals surface area (Å²) in [6.07, 6.45) is 2.90. The zero-order chi connectivity index (χ0) is 15.1. The standard InChI is InChI=1S/C17H27NO3/c1-4-7-20-16-10-13-6-9-19-12-15(18-3)14(13)11-17(16)21-8-5-2/h10-11,15,18H,4-9,12H2,1-3H3. The lowest BCUT2D eigenvalue weighted by Gasteiger charge is -2.20. The van der Waals surface area contributed by atoms with E-state index in [4.69, 9.17) is 14.2 Å². The quantitative estimate of drug-likeness (QED) is 0.838. The van der Waals surface area contributed by atoms with Crippen molar-refractivity contribution in [2.75, 3.05) is 33.5 Å². The molecule has 1 aromatic rings. The third-order valence-electron chi connectivity index (χ3n) is 3.65. The van der Waals surface area contributed by atoms with Gasteiger partial charge < -0.3 is 19.5 Å². The Morgan fingerprint density at radius 3 is 2.43 bits per heavy atom. The maximum absolute atomic E-state index is 5.89. The highest BCUT2D eigenvalue weighted by Gasteiger charge is 2.21. The van der Waals surface area contributed by atoms with Gasteiger partial charge in [0.1, 0.15) is 0 Å². The SMILES string of the molecule is CCCOc1cc2c(cc1OCCC)C(NC)COCC2. The summed E-state index contributed by atoms with van der Waals surface area (Å²) in [4.78, 5) is 0. The second kappa shape index (κ2) is 8.25. The number of nitrogens with one attached hydrogen (secondary N) is 1. The van der Waals surface area contributed by atoms with Gasteiger partial charge in [0.25, 0.3) is 0 Å². The molecule has 0 saturated heterocycles. The molecule has 1 atom stereocenters. The fraction of sp³-hybridized carbons (Fsp3) is 0.647. The van der Waals surface area contributed by atoms with Crippen LogP contribution in [0, 0.1) is 0 Å². The third kappa shape index (κ3) is 4.11. The first-order valence-corrected chi connectivity index (χ1v) is 7.97. The molecular formula is C17H27NO3. The Bertz CT molecular complexity index is 448. The minimum Gasteiger partial charge on any atom is -0.490 e. The van der Waals surface area contributed by atoms with Gasteiger partial charge in [0.2, 0.25) is 0 Å². The van der Waals surface area contributed by atoms with Crippen LogP contribution in [0.25, 0.3) is 0 Å². The molecule has 1 aliphatic heterocycles. The van der Waals surface area contributed by atoms with Gasteiger partial charge in [-0.25, -0.2) is 0 Å². The van der Waals surface area contributed by atoms with Crippen molar-refractivity contribution < 1.29 is 14.2 Å². The predicted molar refractivity (Wildman–Crippen MR) is 84.3 cm³/mol.